The molecule has 2 aromatic carbocycles. The molecule has 1 amide bonds. The number of aryl methyl sites for hydroxylation is 1. The first-order valence-corrected chi connectivity index (χ1v) is 14.3. The summed E-state index contributed by atoms with van der Waals surface area (Å²) in [6, 6.07) is 16.5. The van der Waals surface area contributed by atoms with Crippen LogP contribution in [0.15, 0.2) is 58.8 Å². The summed E-state index contributed by atoms with van der Waals surface area (Å²) >= 11 is 1.41. The van der Waals surface area contributed by atoms with Gasteiger partial charge in [-0.25, -0.2) is 5.43 Å². The van der Waals surface area contributed by atoms with E-state index >= 15 is 0 Å². The fourth-order valence-electron chi connectivity index (χ4n) is 4.48. The van der Waals surface area contributed by atoms with Crippen molar-refractivity contribution in [1.82, 2.24) is 20.2 Å². The molecule has 0 aliphatic heterocycles. The van der Waals surface area contributed by atoms with E-state index in [1.807, 2.05) is 24.3 Å². The Morgan fingerprint density at radius 2 is 1.84 bits per heavy atom. The zero-order chi connectivity index (χ0) is 25.9. The largest absolute Gasteiger partial charge is 0.494 e. The molecule has 1 fully saturated rings. The number of ether oxygens (including phenoxy) is 1. The molecule has 0 atom stereocenters. The van der Waals surface area contributed by atoms with E-state index in [-0.39, 0.29) is 11.7 Å². The maximum Gasteiger partial charge on any atom is 0.250 e. The number of aromatic nitrogens is 3. The SMILES string of the molecule is CCCCCOc1ccc(/C=N/NC(=O)CSc2nnc(-c3ccc(C)cc3)n2C2CCCCC2)cc1. The number of thioether (sulfide) groups is 1. The van der Waals surface area contributed by atoms with Gasteiger partial charge in [0.05, 0.1) is 18.6 Å². The molecule has 196 valence electrons. The molecule has 0 radical (unpaired) electrons. The van der Waals surface area contributed by atoms with E-state index in [0.717, 1.165) is 53.7 Å². The van der Waals surface area contributed by atoms with E-state index in [0.29, 0.717) is 6.04 Å². The van der Waals surface area contributed by atoms with Gasteiger partial charge in [0.25, 0.3) is 5.91 Å². The van der Waals surface area contributed by atoms with Crippen LogP contribution in [-0.4, -0.2) is 39.2 Å². The van der Waals surface area contributed by atoms with Crippen LogP contribution < -0.4 is 10.2 Å². The highest BCUT2D eigenvalue weighted by Gasteiger charge is 2.24. The molecule has 1 saturated carbocycles. The summed E-state index contributed by atoms with van der Waals surface area (Å²) in [4.78, 5) is 12.5. The van der Waals surface area contributed by atoms with Crippen LogP contribution in [-0.2, 0) is 4.79 Å². The summed E-state index contributed by atoms with van der Waals surface area (Å²) in [5.41, 5.74) is 5.80. The Balaban J connectivity index is 1.33. The molecule has 0 spiro atoms. The van der Waals surface area contributed by atoms with Crippen LogP contribution in [0.1, 0.15) is 75.5 Å². The van der Waals surface area contributed by atoms with Crippen LogP contribution in [0.3, 0.4) is 0 Å². The Bertz CT molecular complexity index is 1150. The number of hydrazone groups is 1. The normalized spacial score (nSPS) is 14.2. The lowest BCUT2D eigenvalue weighted by molar-refractivity contribution is -0.118. The number of nitrogens with zero attached hydrogens (tertiary/aromatic N) is 4. The van der Waals surface area contributed by atoms with Gasteiger partial charge in [-0.05, 0) is 56.0 Å². The average Bonchev–Trinajstić information content (AvgIpc) is 3.36. The molecule has 1 N–H and O–H groups in total. The Morgan fingerprint density at radius 1 is 1.08 bits per heavy atom. The fourth-order valence-corrected chi connectivity index (χ4v) is 5.27. The third kappa shape index (κ3) is 7.92. The number of carbonyl (C=O) groups is 1. The highest BCUT2D eigenvalue weighted by atomic mass is 32.2. The smallest absolute Gasteiger partial charge is 0.250 e. The van der Waals surface area contributed by atoms with Crippen molar-refractivity contribution in [3.63, 3.8) is 0 Å². The standard InChI is InChI=1S/C29H37N5O2S/c1-3-4-8-19-36-26-17-13-23(14-18-26)20-30-31-27(35)21-37-29-33-32-28(24-15-11-22(2)12-16-24)34(29)25-9-6-5-7-10-25/h11-18,20,25H,3-10,19,21H2,1-2H3,(H,31,35)/b30-20+. The van der Waals surface area contributed by atoms with Crippen molar-refractivity contribution in [1.29, 1.82) is 0 Å². The first kappa shape index (κ1) is 26.9. The lowest BCUT2D eigenvalue weighted by atomic mass is 9.95. The zero-order valence-electron chi connectivity index (χ0n) is 21.9. The van der Waals surface area contributed by atoms with Crippen molar-refractivity contribution in [2.45, 2.75) is 76.4 Å². The van der Waals surface area contributed by atoms with Gasteiger partial charge in [0.1, 0.15) is 5.75 Å². The Morgan fingerprint density at radius 3 is 2.57 bits per heavy atom. The molecule has 37 heavy (non-hydrogen) atoms. The number of hydrogen-bond donors (Lipinski definition) is 1. The van der Waals surface area contributed by atoms with Crippen molar-refractivity contribution in [2.75, 3.05) is 12.4 Å². The predicted octanol–water partition coefficient (Wildman–Crippen LogP) is 6.57. The number of rotatable bonds is 12. The minimum absolute atomic E-state index is 0.174. The number of hydrogen-bond acceptors (Lipinski definition) is 6. The van der Waals surface area contributed by atoms with E-state index in [9.17, 15) is 4.79 Å². The molecule has 8 heteroatoms. The summed E-state index contributed by atoms with van der Waals surface area (Å²) in [6.07, 6.45) is 11.0. The minimum atomic E-state index is -0.174. The van der Waals surface area contributed by atoms with Crippen molar-refractivity contribution < 1.29 is 9.53 Å². The molecule has 1 aliphatic carbocycles. The molecule has 0 unspecified atom stereocenters. The maximum atomic E-state index is 12.5. The number of unbranched alkanes of at least 4 members (excludes halogenated alkanes) is 2. The number of amides is 1. The number of carbonyl (C=O) groups excluding carboxylic acids is 1. The van der Waals surface area contributed by atoms with E-state index in [1.165, 1.54) is 49.4 Å². The summed E-state index contributed by atoms with van der Waals surface area (Å²) in [6.45, 7) is 4.99. The zero-order valence-corrected chi connectivity index (χ0v) is 22.7. The minimum Gasteiger partial charge on any atom is -0.494 e. The fraction of sp³-hybridized carbons (Fsp3) is 0.448. The first-order chi connectivity index (χ1) is 18.1. The van der Waals surface area contributed by atoms with Crippen LogP contribution in [0, 0.1) is 6.92 Å². The topological polar surface area (TPSA) is 81.4 Å². The molecular weight excluding hydrogens is 482 g/mol. The van der Waals surface area contributed by atoms with E-state index in [1.54, 1.807) is 6.21 Å². The molecule has 7 nitrogen and oxygen atoms in total. The Labute approximate surface area is 224 Å². The van der Waals surface area contributed by atoms with Crippen molar-refractivity contribution >= 4 is 23.9 Å². The molecule has 4 rings (SSSR count). The van der Waals surface area contributed by atoms with Crippen LogP contribution >= 0.6 is 11.8 Å². The molecule has 1 aliphatic rings. The molecule has 0 bridgehead atoms. The second kappa shape index (κ2) is 14.0. The summed E-state index contributed by atoms with van der Waals surface area (Å²) in [5.74, 6) is 1.78. The first-order valence-electron chi connectivity index (χ1n) is 13.3. The average molecular weight is 520 g/mol. The lowest BCUT2D eigenvalue weighted by Gasteiger charge is -2.25. The van der Waals surface area contributed by atoms with Crippen LogP contribution in [0.2, 0.25) is 0 Å². The van der Waals surface area contributed by atoms with Gasteiger partial charge in [0, 0.05) is 11.6 Å². The van der Waals surface area contributed by atoms with Crippen molar-refractivity contribution in [2.24, 2.45) is 5.10 Å². The number of nitrogens with one attached hydrogen (secondary N) is 1. The van der Waals surface area contributed by atoms with Gasteiger partial charge in [-0.1, -0.05) is 80.6 Å². The van der Waals surface area contributed by atoms with Gasteiger partial charge in [0.2, 0.25) is 0 Å². The van der Waals surface area contributed by atoms with E-state index in [2.05, 4.69) is 63.4 Å². The monoisotopic (exact) mass is 519 g/mol. The summed E-state index contributed by atoms with van der Waals surface area (Å²) in [5, 5.41) is 13.9. The van der Waals surface area contributed by atoms with Gasteiger partial charge in [-0.15, -0.1) is 10.2 Å². The Hall–Kier alpha value is -3.13. The van der Waals surface area contributed by atoms with Gasteiger partial charge in [-0.3, -0.25) is 9.36 Å². The highest BCUT2D eigenvalue weighted by Crippen LogP contribution is 2.35. The van der Waals surface area contributed by atoms with Gasteiger partial charge >= 0.3 is 0 Å². The van der Waals surface area contributed by atoms with Gasteiger partial charge < -0.3 is 4.74 Å². The van der Waals surface area contributed by atoms with Crippen molar-refractivity contribution in [3.05, 3.63) is 59.7 Å². The molecule has 1 aromatic heterocycles. The highest BCUT2D eigenvalue weighted by molar-refractivity contribution is 7.99. The molecular formula is C29H37N5O2S. The second-order valence-electron chi connectivity index (χ2n) is 9.54. The quantitative estimate of drug-likeness (QED) is 0.127. The Kier molecular flexibility index (Phi) is 10.2. The molecule has 0 saturated heterocycles. The van der Waals surface area contributed by atoms with E-state index in [4.69, 9.17) is 4.74 Å². The third-order valence-electron chi connectivity index (χ3n) is 6.55. The van der Waals surface area contributed by atoms with E-state index < -0.39 is 0 Å². The summed E-state index contributed by atoms with van der Waals surface area (Å²) in [7, 11) is 0. The van der Waals surface area contributed by atoms with Crippen LogP contribution in [0.25, 0.3) is 11.4 Å². The van der Waals surface area contributed by atoms with Gasteiger partial charge in [-0.2, -0.15) is 5.10 Å². The maximum absolute atomic E-state index is 12.5. The van der Waals surface area contributed by atoms with Crippen LogP contribution in [0.5, 0.6) is 5.75 Å². The van der Waals surface area contributed by atoms with Crippen molar-refractivity contribution in [3.8, 4) is 17.1 Å². The summed E-state index contributed by atoms with van der Waals surface area (Å²) < 4.78 is 7.99. The second-order valence-corrected chi connectivity index (χ2v) is 10.5. The molecule has 1 heterocycles. The third-order valence-corrected chi connectivity index (χ3v) is 7.49. The predicted molar refractivity (Wildman–Crippen MR) is 150 cm³/mol. The van der Waals surface area contributed by atoms with Gasteiger partial charge in [0.15, 0.2) is 11.0 Å². The number of benzene rings is 2. The molecule has 3 aromatic rings. The lowest BCUT2D eigenvalue weighted by Crippen LogP contribution is -2.20. The van der Waals surface area contributed by atoms with Crippen LogP contribution in [0.4, 0.5) is 0 Å².